The zero-order chi connectivity index (χ0) is 19.5. The number of ether oxygens (including phenoxy) is 1. The number of carbonyl (C=O) groups excluding carboxylic acids is 1. The molecule has 2 fully saturated rings. The molecule has 1 amide bonds. The fourth-order valence-corrected chi connectivity index (χ4v) is 4.24. The van der Waals surface area contributed by atoms with E-state index >= 15 is 0 Å². The molecule has 7 nitrogen and oxygen atoms in total. The monoisotopic (exact) mass is 453 g/mol. The van der Waals surface area contributed by atoms with E-state index < -0.39 is 0 Å². The molecule has 2 N–H and O–H groups in total. The maximum atomic E-state index is 13.1. The summed E-state index contributed by atoms with van der Waals surface area (Å²) in [5, 5.41) is 0. The highest BCUT2D eigenvalue weighted by atomic mass is 35.5. The summed E-state index contributed by atoms with van der Waals surface area (Å²) in [4.78, 5) is 25.9. The van der Waals surface area contributed by atoms with E-state index in [0.717, 1.165) is 25.9 Å². The lowest BCUT2D eigenvalue weighted by Crippen LogP contribution is -2.43. The first kappa shape index (κ1) is 24.2. The van der Waals surface area contributed by atoms with Crippen LogP contribution >= 0.6 is 24.8 Å². The number of nitrogens with two attached hydrogens (primary N) is 1. The lowest BCUT2D eigenvalue weighted by Gasteiger charge is -2.33. The molecule has 1 aromatic heterocycles. The molecule has 0 aliphatic carbocycles. The number of benzene rings is 1. The maximum absolute atomic E-state index is 13.1. The molecule has 0 radical (unpaired) electrons. The molecule has 2 aliphatic rings. The number of amides is 1. The zero-order valence-electron chi connectivity index (χ0n) is 17.0. The van der Waals surface area contributed by atoms with E-state index in [9.17, 15) is 4.79 Å². The molecular formula is C21H29Cl2N5O2. The number of rotatable bonds is 4. The Morgan fingerprint density at radius 1 is 1.10 bits per heavy atom. The molecule has 9 heteroatoms. The van der Waals surface area contributed by atoms with Crippen LogP contribution in [0, 0.1) is 5.92 Å². The van der Waals surface area contributed by atoms with Gasteiger partial charge in [-0.05, 0) is 18.4 Å². The van der Waals surface area contributed by atoms with Crippen LogP contribution in [0.15, 0.2) is 42.6 Å². The molecule has 2 saturated heterocycles. The number of hydrogen-bond donors (Lipinski definition) is 1. The van der Waals surface area contributed by atoms with Crippen LogP contribution < -0.4 is 15.4 Å². The van der Waals surface area contributed by atoms with Gasteiger partial charge in [0.05, 0.1) is 7.11 Å². The fraction of sp³-hybridized carbons (Fsp3) is 0.476. The Balaban J connectivity index is 0.00000160. The fourth-order valence-electron chi connectivity index (χ4n) is 4.24. The summed E-state index contributed by atoms with van der Waals surface area (Å²) in [5.74, 6) is 1.72. The average molecular weight is 454 g/mol. The van der Waals surface area contributed by atoms with Crippen molar-refractivity contribution >= 4 is 36.7 Å². The van der Waals surface area contributed by atoms with Gasteiger partial charge in [0.1, 0.15) is 0 Å². The van der Waals surface area contributed by atoms with Crippen LogP contribution in [0.4, 0.5) is 5.95 Å². The number of halogens is 2. The molecule has 0 saturated carbocycles. The van der Waals surface area contributed by atoms with Gasteiger partial charge in [-0.25, -0.2) is 4.98 Å². The Morgan fingerprint density at radius 3 is 2.47 bits per heavy atom. The van der Waals surface area contributed by atoms with Gasteiger partial charge in [0.25, 0.3) is 0 Å². The van der Waals surface area contributed by atoms with Crippen LogP contribution in [0.5, 0.6) is 5.88 Å². The number of carbonyl (C=O) groups is 1. The van der Waals surface area contributed by atoms with E-state index in [2.05, 4.69) is 27.0 Å². The second kappa shape index (κ2) is 10.8. The minimum Gasteiger partial charge on any atom is -0.481 e. The number of anilines is 1. The third-order valence-corrected chi connectivity index (χ3v) is 5.86. The van der Waals surface area contributed by atoms with E-state index in [-0.39, 0.29) is 48.6 Å². The van der Waals surface area contributed by atoms with Gasteiger partial charge in [0.2, 0.25) is 17.7 Å². The van der Waals surface area contributed by atoms with Gasteiger partial charge < -0.3 is 20.3 Å². The Hall–Kier alpha value is -2.09. The van der Waals surface area contributed by atoms with Crippen molar-refractivity contribution in [1.82, 2.24) is 14.9 Å². The second-order valence-corrected chi connectivity index (χ2v) is 7.58. The summed E-state index contributed by atoms with van der Waals surface area (Å²) in [6.45, 7) is 2.89. The van der Waals surface area contributed by atoms with Gasteiger partial charge in [-0.15, -0.1) is 24.8 Å². The van der Waals surface area contributed by atoms with Crippen molar-refractivity contribution in [2.24, 2.45) is 11.7 Å². The van der Waals surface area contributed by atoms with Crippen LogP contribution in [-0.2, 0) is 4.79 Å². The standard InChI is InChI=1S/C21H27N5O2.2ClH/c1-28-19-7-10-23-21(24-19)25-11-8-16(9-12-25)20(27)26-13-17(18(22)14-26)15-5-3-2-4-6-15;;/h2-7,10,16-18H,8-9,11-14,22H2,1H3;2*1H/t17-,18+;;/m0../s1. The first-order valence-electron chi connectivity index (χ1n) is 9.87. The highest BCUT2D eigenvalue weighted by Crippen LogP contribution is 2.30. The number of likely N-dealkylation sites (tertiary alicyclic amines) is 1. The minimum absolute atomic E-state index is 0. The van der Waals surface area contributed by atoms with Crippen molar-refractivity contribution in [2.75, 3.05) is 38.2 Å². The molecule has 4 rings (SSSR count). The minimum atomic E-state index is -0.00313. The van der Waals surface area contributed by atoms with E-state index in [1.54, 1.807) is 19.4 Å². The summed E-state index contributed by atoms with van der Waals surface area (Å²) in [6.07, 6.45) is 3.32. The lowest BCUT2D eigenvalue weighted by molar-refractivity contribution is -0.135. The van der Waals surface area contributed by atoms with E-state index in [1.165, 1.54) is 5.56 Å². The van der Waals surface area contributed by atoms with Crippen LogP contribution in [-0.4, -0.2) is 60.1 Å². The van der Waals surface area contributed by atoms with Gasteiger partial charge in [-0.1, -0.05) is 30.3 Å². The smallest absolute Gasteiger partial charge is 0.228 e. The number of piperidine rings is 1. The van der Waals surface area contributed by atoms with E-state index in [1.807, 2.05) is 23.1 Å². The van der Waals surface area contributed by atoms with Gasteiger partial charge in [-0.2, -0.15) is 4.98 Å². The number of aromatic nitrogens is 2. The van der Waals surface area contributed by atoms with Crippen LogP contribution in [0.25, 0.3) is 0 Å². The van der Waals surface area contributed by atoms with Crippen molar-refractivity contribution < 1.29 is 9.53 Å². The summed E-state index contributed by atoms with van der Waals surface area (Å²) in [6, 6.07) is 12.0. The van der Waals surface area contributed by atoms with Gasteiger partial charge >= 0.3 is 0 Å². The molecule has 30 heavy (non-hydrogen) atoms. The van der Waals surface area contributed by atoms with Crippen molar-refractivity contribution in [3.05, 3.63) is 48.2 Å². The quantitative estimate of drug-likeness (QED) is 0.765. The topological polar surface area (TPSA) is 84.6 Å². The molecule has 2 atom stereocenters. The van der Waals surface area contributed by atoms with Crippen molar-refractivity contribution in [3.8, 4) is 5.88 Å². The van der Waals surface area contributed by atoms with Gasteiger partial charge in [0, 0.05) is 56.3 Å². The lowest BCUT2D eigenvalue weighted by atomic mass is 9.94. The molecule has 0 unspecified atom stereocenters. The predicted molar refractivity (Wildman–Crippen MR) is 122 cm³/mol. The Labute approximate surface area is 189 Å². The number of nitrogens with zero attached hydrogens (tertiary/aromatic N) is 4. The summed E-state index contributed by atoms with van der Waals surface area (Å²) < 4.78 is 5.18. The highest BCUT2D eigenvalue weighted by Gasteiger charge is 2.37. The van der Waals surface area contributed by atoms with Gasteiger partial charge in [0.15, 0.2) is 0 Å². The molecule has 2 aliphatic heterocycles. The number of hydrogen-bond acceptors (Lipinski definition) is 6. The van der Waals surface area contributed by atoms with Crippen molar-refractivity contribution in [2.45, 2.75) is 24.8 Å². The first-order chi connectivity index (χ1) is 13.7. The summed E-state index contributed by atoms with van der Waals surface area (Å²) in [7, 11) is 1.60. The van der Waals surface area contributed by atoms with Crippen LogP contribution in [0.3, 0.4) is 0 Å². The normalized spacial score (nSPS) is 21.5. The summed E-state index contributed by atoms with van der Waals surface area (Å²) in [5.41, 5.74) is 7.58. The van der Waals surface area contributed by atoms with Gasteiger partial charge in [-0.3, -0.25) is 4.79 Å². The molecule has 0 spiro atoms. The van der Waals surface area contributed by atoms with Crippen molar-refractivity contribution in [3.63, 3.8) is 0 Å². The van der Waals surface area contributed by atoms with Crippen LogP contribution in [0.2, 0.25) is 0 Å². The molecule has 3 heterocycles. The molecule has 164 valence electrons. The first-order valence-corrected chi connectivity index (χ1v) is 9.87. The second-order valence-electron chi connectivity index (χ2n) is 7.58. The largest absolute Gasteiger partial charge is 0.481 e. The summed E-state index contributed by atoms with van der Waals surface area (Å²) >= 11 is 0. The zero-order valence-corrected chi connectivity index (χ0v) is 18.6. The molecular weight excluding hydrogens is 425 g/mol. The van der Waals surface area contributed by atoms with E-state index in [4.69, 9.17) is 10.5 Å². The van der Waals surface area contributed by atoms with Crippen LogP contribution in [0.1, 0.15) is 24.3 Å². The third kappa shape index (κ3) is 5.14. The van der Waals surface area contributed by atoms with E-state index in [0.29, 0.717) is 24.9 Å². The maximum Gasteiger partial charge on any atom is 0.228 e. The predicted octanol–water partition coefficient (Wildman–Crippen LogP) is 2.50. The molecule has 2 aromatic rings. The molecule has 1 aromatic carbocycles. The molecule has 0 bridgehead atoms. The number of methoxy groups -OCH3 is 1. The average Bonchev–Trinajstić information content (AvgIpc) is 3.15. The Kier molecular flexibility index (Phi) is 8.70. The highest BCUT2D eigenvalue weighted by molar-refractivity contribution is 5.85. The van der Waals surface area contributed by atoms with Crippen molar-refractivity contribution in [1.29, 1.82) is 0 Å². The Bertz CT molecular complexity index is 818. The SMILES string of the molecule is COc1ccnc(N2CCC(C(=O)N3C[C@@H](N)[C@H](c4ccccc4)C3)CC2)n1.Cl.Cl. The Morgan fingerprint density at radius 2 is 1.80 bits per heavy atom. The third-order valence-electron chi connectivity index (χ3n) is 5.86.